The molecule has 0 aliphatic rings. The van der Waals surface area contributed by atoms with Crippen molar-refractivity contribution in [1.29, 1.82) is 0 Å². The summed E-state index contributed by atoms with van der Waals surface area (Å²) in [7, 11) is 0. The third kappa shape index (κ3) is 1.59. The van der Waals surface area contributed by atoms with E-state index in [-0.39, 0.29) is 5.75 Å². The van der Waals surface area contributed by atoms with E-state index in [2.05, 4.69) is 5.10 Å². The van der Waals surface area contributed by atoms with E-state index in [9.17, 15) is 5.11 Å². The van der Waals surface area contributed by atoms with Gasteiger partial charge in [-0.15, -0.1) is 0 Å². The van der Waals surface area contributed by atoms with Gasteiger partial charge in [0.1, 0.15) is 5.75 Å². The van der Waals surface area contributed by atoms with Gasteiger partial charge in [-0.1, -0.05) is 0 Å². The largest absolute Gasteiger partial charge is 0.508 e. The van der Waals surface area contributed by atoms with Crippen molar-refractivity contribution < 1.29 is 5.11 Å². The third-order valence-corrected chi connectivity index (χ3v) is 2.99. The van der Waals surface area contributed by atoms with E-state index in [1.807, 2.05) is 41.9 Å². The van der Waals surface area contributed by atoms with Crippen LogP contribution in [0.4, 0.5) is 5.69 Å². The van der Waals surface area contributed by atoms with Gasteiger partial charge < -0.3 is 10.8 Å². The molecular weight excluding hydrogens is 226 g/mol. The van der Waals surface area contributed by atoms with Crippen LogP contribution in [0.5, 0.6) is 5.75 Å². The Bertz CT molecular complexity index is 714. The molecule has 1 aromatic heterocycles. The molecule has 18 heavy (non-hydrogen) atoms. The average Bonchev–Trinajstić information content (AvgIpc) is 2.68. The van der Waals surface area contributed by atoms with Gasteiger partial charge in [0.05, 0.1) is 16.9 Å². The topological polar surface area (TPSA) is 64.1 Å². The van der Waals surface area contributed by atoms with Crippen molar-refractivity contribution in [2.24, 2.45) is 0 Å². The molecule has 0 atom stereocenters. The minimum Gasteiger partial charge on any atom is -0.508 e. The molecule has 90 valence electrons. The molecule has 0 fully saturated rings. The maximum atomic E-state index is 9.52. The van der Waals surface area contributed by atoms with Crippen LogP contribution < -0.4 is 5.73 Å². The highest BCUT2D eigenvalue weighted by Crippen LogP contribution is 2.25. The lowest BCUT2D eigenvalue weighted by Gasteiger charge is -2.03. The number of nitrogen functional groups attached to an aromatic ring is 1. The second kappa shape index (κ2) is 3.77. The van der Waals surface area contributed by atoms with Gasteiger partial charge in [0.15, 0.2) is 0 Å². The van der Waals surface area contributed by atoms with Crippen molar-refractivity contribution in [3.05, 3.63) is 48.2 Å². The average molecular weight is 239 g/mol. The number of phenols is 1. The van der Waals surface area contributed by atoms with Crippen LogP contribution in [-0.2, 0) is 0 Å². The second-order valence-corrected chi connectivity index (χ2v) is 4.29. The molecule has 0 aliphatic carbocycles. The van der Waals surface area contributed by atoms with Crippen molar-refractivity contribution in [3.8, 4) is 11.4 Å². The van der Waals surface area contributed by atoms with Crippen molar-refractivity contribution >= 4 is 16.6 Å². The number of phenolic OH excluding ortho intramolecular Hbond substituents is 1. The molecule has 2 aromatic carbocycles. The van der Waals surface area contributed by atoms with E-state index >= 15 is 0 Å². The first-order valence-corrected chi connectivity index (χ1v) is 5.69. The number of hydrogen-bond donors (Lipinski definition) is 2. The van der Waals surface area contributed by atoms with Crippen LogP contribution in [0.1, 0.15) is 5.69 Å². The van der Waals surface area contributed by atoms with Gasteiger partial charge in [0.25, 0.3) is 0 Å². The van der Waals surface area contributed by atoms with Crippen LogP contribution in [0.15, 0.2) is 42.5 Å². The highest BCUT2D eigenvalue weighted by molar-refractivity contribution is 5.84. The van der Waals surface area contributed by atoms with Gasteiger partial charge in [-0.3, -0.25) is 0 Å². The minimum atomic E-state index is 0.252. The molecule has 3 aromatic rings. The van der Waals surface area contributed by atoms with Crippen LogP contribution in [0, 0.1) is 6.92 Å². The fourth-order valence-electron chi connectivity index (χ4n) is 2.07. The molecule has 3 N–H and O–H groups in total. The van der Waals surface area contributed by atoms with Gasteiger partial charge in [-0.05, 0) is 49.4 Å². The van der Waals surface area contributed by atoms with Crippen LogP contribution in [-0.4, -0.2) is 14.9 Å². The normalized spacial score (nSPS) is 10.9. The molecule has 0 aliphatic heterocycles. The lowest BCUT2D eigenvalue weighted by molar-refractivity contribution is 0.476. The molecule has 3 rings (SSSR count). The summed E-state index contributed by atoms with van der Waals surface area (Å²) in [6.45, 7) is 1.93. The first kappa shape index (κ1) is 10.7. The Morgan fingerprint density at radius 1 is 1.11 bits per heavy atom. The molecule has 0 saturated heterocycles. The number of benzene rings is 2. The standard InChI is InChI=1S/C14H13N3O/c1-9-13-8-12(18)6-7-14(13)17(16-9)11-4-2-10(15)3-5-11/h2-8,18H,15H2,1H3. The van der Waals surface area contributed by atoms with Gasteiger partial charge in [-0.25, -0.2) is 4.68 Å². The predicted octanol–water partition coefficient (Wildman–Crippen LogP) is 2.62. The van der Waals surface area contributed by atoms with E-state index in [4.69, 9.17) is 5.73 Å². The SMILES string of the molecule is Cc1nn(-c2ccc(N)cc2)c2ccc(O)cc12. The molecule has 1 heterocycles. The smallest absolute Gasteiger partial charge is 0.116 e. The number of fused-ring (bicyclic) bond motifs is 1. The summed E-state index contributed by atoms with van der Waals surface area (Å²) < 4.78 is 1.85. The predicted molar refractivity (Wildman–Crippen MR) is 71.9 cm³/mol. The maximum Gasteiger partial charge on any atom is 0.116 e. The molecule has 4 heteroatoms. The zero-order valence-corrected chi connectivity index (χ0v) is 9.96. The molecular formula is C14H13N3O. The van der Waals surface area contributed by atoms with Crippen LogP contribution in [0.25, 0.3) is 16.6 Å². The minimum absolute atomic E-state index is 0.252. The number of nitrogens with two attached hydrogens (primary N) is 1. The maximum absolute atomic E-state index is 9.52. The number of anilines is 1. The Kier molecular flexibility index (Phi) is 2.23. The summed E-state index contributed by atoms with van der Waals surface area (Å²) in [5, 5.41) is 15.0. The Balaban J connectivity index is 2.26. The molecule has 0 unspecified atom stereocenters. The zero-order valence-electron chi connectivity index (χ0n) is 9.96. The lowest BCUT2D eigenvalue weighted by atomic mass is 10.2. The Labute approximate surface area is 104 Å². The summed E-state index contributed by atoms with van der Waals surface area (Å²) >= 11 is 0. The second-order valence-electron chi connectivity index (χ2n) is 4.29. The summed E-state index contributed by atoms with van der Waals surface area (Å²) in [6.07, 6.45) is 0. The number of aromatic nitrogens is 2. The van der Waals surface area contributed by atoms with Crippen LogP contribution in [0.2, 0.25) is 0 Å². The summed E-state index contributed by atoms with van der Waals surface area (Å²) in [4.78, 5) is 0. The highest BCUT2D eigenvalue weighted by Gasteiger charge is 2.09. The van der Waals surface area contributed by atoms with Gasteiger partial charge in [-0.2, -0.15) is 5.10 Å². The van der Waals surface area contributed by atoms with Gasteiger partial charge in [0.2, 0.25) is 0 Å². The van der Waals surface area contributed by atoms with E-state index in [0.717, 1.165) is 28.0 Å². The number of rotatable bonds is 1. The summed E-state index contributed by atoms with van der Waals surface area (Å²) in [6, 6.07) is 12.8. The van der Waals surface area contributed by atoms with Crippen LogP contribution in [0.3, 0.4) is 0 Å². The van der Waals surface area contributed by atoms with Gasteiger partial charge in [0, 0.05) is 11.1 Å². The number of hydrogen-bond acceptors (Lipinski definition) is 3. The fraction of sp³-hybridized carbons (Fsp3) is 0.0714. The molecule has 0 saturated carbocycles. The Hall–Kier alpha value is -2.49. The van der Waals surface area contributed by atoms with Crippen molar-refractivity contribution in [2.75, 3.05) is 5.73 Å². The number of aryl methyl sites for hydroxylation is 1. The zero-order chi connectivity index (χ0) is 12.7. The first-order valence-electron chi connectivity index (χ1n) is 5.69. The molecule has 4 nitrogen and oxygen atoms in total. The summed E-state index contributed by atoms with van der Waals surface area (Å²) in [5.41, 5.74) is 9.21. The van der Waals surface area contributed by atoms with Crippen molar-refractivity contribution in [3.63, 3.8) is 0 Å². The highest BCUT2D eigenvalue weighted by atomic mass is 16.3. The lowest BCUT2D eigenvalue weighted by Crippen LogP contribution is -1.96. The summed E-state index contributed by atoms with van der Waals surface area (Å²) in [5.74, 6) is 0.252. The third-order valence-electron chi connectivity index (χ3n) is 2.99. The van der Waals surface area contributed by atoms with E-state index in [1.54, 1.807) is 12.1 Å². The van der Waals surface area contributed by atoms with Crippen molar-refractivity contribution in [1.82, 2.24) is 9.78 Å². The molecule has 0 bridgehead atoms. The Morgan fingerprint density at radius 2 is 1.83 bits per heavy atom. The van der Waals surface area contributed by atoms with Crippen molar-refractivity contribution in [2.45, 2.75) is 6.92 Å². The quantitative estimate of drug-likeness (QED) is 0.641. The van der Waals surface area contributed by atoms with Crippen LogP contribution >= 0.6 is 0 Å². The van der Waals surface area contributed by atoms with E-state index in [1.165, 1.54) is 0 Å². The van der Waals surface area contributed by atoms with E-state index in [0.29, 0.717) is 0 Å². The molecule has 0 amide bonds. The fourth-order valence-corrected chi connectivity index (χ4v) is 2.07. The first-order chi connectivity index (χ1) is 8.65. The van der Waals surface area contributed by atoms with E-state index < -0.39 is 0 Å². The molecule has 0 radical (unpaired) electrons. The number of nitrogens with zero attached hydrogens (tertiary/aromatic N) is 2. The Morgan fingerprint density at radius 3 is 2.56 bits per heavy atom. The van der Waals surface area contributed by atoms with Gasteiger partial charge >= 0.3 is 0 Å². The molecule has 0 spiro atoms. The monoisotopic (exact) mass is 239 g/mol. The number of aromatic hydroxyl groups is 1.